The van der Waals surface area contributed by atoms with Crippen LogP contribution in [0, 0.1) is 6.92 Å². The Kier molecular flexibility index (Phi) is 5.66. The van der Waals surface area contributed by atoms with Gasteiger partial charge in [0.2, 0.25) is 0 Å². The fourth-order valence-electron chi connectivity index (χ4n) is 3.02. The zero-order valence-electron chi connectivity index (χ0n) is 15.7. The second-order valence-corrected chi connectivity index (χ2v) is 10.5. The van der Waals surface area contributed by atoms with Crippen molar-refractivity contribution >= 4 is 44.3 Å². The number of nitrogens with zero attached hydrogens (tertiary/aromatic N) is 2. The van der Waals surface area contributed by atoms with E-state index in [0.717, 1.165) is 0 Å². The van der Waals surface area contributed by atoms with E-state index in [9.17, 15) is 17.4 Å². The van der Waals surface area contributed by atoms with E-state index in [2.05, 4.69) is 9.52 Å². The van der Waals surface area contributed by atoms with Crippen molar-refractivity contribution in [3.05, 3.63) is 63.1 Å². The molecule has 0 saturated carbocycles. The van der Waals surface area contributed by atoms with Crippen LogP contribution in [0.4, 0.5) is 18.9 Å². The SMILES string of the molecule is Cc1cc(C2=NOC(c3cc(Cl)cc(Cl)c3)(C(F)(F)F)C2)ccc1N=S(C)(C)=O. The van der Waals surface area contributed by atoms with E-state index in [4.69, 9.17) is 28.0 Å². The fraction of sp³-hybridized carbons (Fsp3) is 0.316. The maximum Gasteiger partial charge on any atom is 0.435 e. The lowest BCUT2D eigenvalue weighted by Gasteiger charge is -2.29. The van der Waals surface area contributed by atoms with Crippen molar-refractivity contribution in [1.82, 2.24) is 0 Å². The fourth-order valence-corrected chi connectivity index (χ4v) is 4.22. The highest BCUT2D eigenvalue weighted by molar-refractivity contribution is 7.92. The van der Waals surface area contributed by atoms with Gasteiger partial charge in [-0.3, -0.25) is 0 Å². The van der Waals surface area contributed by atoms with E-state index in [1.54, 1.807) is 25.1 Å². The van der Waals surface area contributed by atoms with Gasteiger partial charge in [0.05, 0.1) is 11.4 Å². The molecule has 0 amide bonds. The Bertz CT molecular complexity index is 1100. The van der Waals surface area contributed by atoms with Crippen LogP contribution in [0.3, 0.4) is 0 Å². The van der Waals surface area contributed by atoms with Crippen molar-refractivity contribution in [1.29, 1.82) is 0 Å². The molecule has 0 aromatic heterocycles. The molecule has 1 heterocycles. The lowest BCUT2D eigenvalue weighted by Crippen LogP contribution is -2.42. The van der Waals surface area contributed by atoms with Crippen LogP contribution in [0.15, 0.2) is 45.9 Å². The summed E-state index contributed by atoms with van der Waals surface area (Å²) < 4.78 is 58.2. The van der Waals surface area contributed by atoms with Crippen LogP contribution in [0.2, 0.25) is 10.0 Å². The highest BCUT2D eigenvalue weighted by Crippen LogP contribution is 2.49. The van der Waals surface area contributed by atoms with Crippen LogP contribution < -0.4 is 0 Å². The Morgan fingerprint density at radius 3 is 2.28 bits per heavy atom. The van der Waals surface area contributed by atoms with Crippen molar-refractivity contribution < 1.29 is 22.2 Å². The van der Waals surface area contributed by atoms with Crippen molar-refractivity contribution in [2.45, 2.75) is 25.1 Å². The third-order valence-corrected chi connectivity index (χ3v) is 5.44. The second kappa shape index (κ2) is 7.49. The molecule has 2 aromatic rings. The molecule has 0 N–H and O–H groups in total. The highest BCUT2D eigenvalue weighted by atomic mass is 35.5. The first kappa shape index (κ1) is 21.9. The van der Waals surface area contributed by atoms with Gasteiger partial charge in [-0.2, -0.15) is 17.5 Å². The molecule has 0 aliphatic carbocycles. The molecule has 0 bridgehead atoms. The van der Waals surface area contributed by atoms with Gasteiger partial charge in [0.1, 0.15) is 0 Å². The van der Waals surface area contributed by atoms with Crippen molar-refractivity contribution in [3.8, 4) is 0 Å². The summed E-state index contributed by atoms with van der Waals surface area (Å²) in [5, 5.41) is 3.87. The maximum atomic E-state index is 14.1. The Balaban J connectivity index is 2.01. The monoisotopic (exact) mass is 464 g/mol. The van der Waals surface area contributed by atoms with Gasteiger partial charge >= 0.3 is 6.18 Å². The molecule has 1 unspecified atom stereocenters. The summed E-state index contributed by atoms with van der Waals surface area (Å²) >= 11 is 11.8. The number of oxime groups is 1. The molecule has 0 spiro atoms. The van der Waals surface area contributed by atoms with Crippen LogP contribution in [0.25, 0.3) is 0 Å². The zero-order valence-corrected chi connectivity index (χ0v) is 18.0. The smallest absolute Gasteiger partial charge is 0.374 e. The number of rotatable bonds is 3. The first-order valence-electron chi connectivity index (χ1n) is 8.37. The first-order chi connectivity index (χ1) is 13.3. The predicted molar refractivity (Wildman–Crippen MR) is 110 cm³/mol. The van der Waals surface area contributed by atoms with Gasteiger partial charge in [0, 0.05) is 44.3 Å². The molecule has 156 valence electrons. The number of benzene rings is 2. The van der Waals surface area contributed by atoms with Crippen LogP contribution in [0.1, 0.15) is 23.1 Å². The second-order valence-electron chi connectivity index (χ2n) is 7.06. The van der Waals surface area contributed by atoms with E-state index < -0.39 is 27.9 Å². The van der Waals surface area contributed by atoms with Crippen molar-refractivity contribution in [3.63, 3.8) is 0 Å². The van der Waals surface area contributed by atoms with E-state index in [1.165, 1.54) is 30.7 Å². The van der Waals surface area contributed by atoms with Crippen LogP contribution in [0.5, 0.6) is 0 Å². The third-order valence-electron chi connectivity index (χ3n) is 4.36. The van der Waals surface area contributed by atoms with Crippen LogP contribution in [-0.4, -0.2) is 28.6 Å². The molecule has 2 aromatic carbocycles. The molecule has 29 heavy (non-hydrogen) atoms. The number of halogens is 5. The molecule has 3 rings (SSSR count). The van der Waals surface area contributed by atoms with Gasteiger partial charge in [0.15, 0.2) is 0 Å². The normalized spacial score (nSPS) is 19.7. The Labute approximate surface area is 176 Å². The van der Waals surface area contributed by atoms with Gasteiger partial charge in [-0.15, -0.1) is 0 Å². The molecule has 1 atom stereocenters. The highest BCUT2D eigenvalue weighted by Gasteiger charge is 2.62. The lowest BCUT2D eigenvalue weighted by molar-refractivity contribution is -0.275. The van der Waals surface area contributed by atoms with Gasteiger partial charge < -0.3 is 4.84 Å². The lowest BCUT2D eigenvalue weighted by atomic mass is 9.86. The van der Waals surface area contributed by atoms with Crippen molar-refractivity contribution in [2.24, 2.45) is 9.52 Å². The minimum absolute atomic E-state index is 0.0673. The number of hydrogen-bond acceptors (Lipinski definition) is 4. The Morgan fingerprint density at radius 1 is 1.14 bits per heavy atom. The molecule has 0 radical (unpaired) electrons. The van der Waals surface area contributed by atoms with Crippen molar-refractivity contribution in [2.75, 3.05) is 12.5 Å². The largest absolute Gasteiger partial charge is 0.435 e. The van der Waals surface area contributed by atoms with Gasteiger partial charge in [-0.1, -0.05) is 34.4 Å². The molecule has 0 fully saturated rings. The molecule has 0 saturated heterocycles. The summed E-state index contributed by atoms with van der Waals surface area (Å²) in [7, 11) is -2.37. The summed E-state index contributed by atoms with van der Waals surface area (Å²) in [4.78, 5) is 5.00. The summed E-state index contributed by atoms with van der Waals surface area (Å²) in [5.74, 6) is 0. The standard InChI is InChI=1S/C19H17Cl2F3N2O2S/c1-11-6-12(4-5-16(11)26-29(2,3)27)17-10-18(28-25-17,19(22,23)24)13-7-14(20)9-15(21)8-13/h4-9H,10H2,1-3H3. The number of alkyl halides is 3. The number of hydrogen-bond donors (Lipinski definition) is 0. The quantitative estimate of drug-likeness (QED) is 0.539. The van der Waals surface area contributed by atoms with Gasteiger partial charge in [-0.25, -0.2) is 4.21 Å². The van der Waals surface area contributed by atoms with E-state index in [0.29, 0.717) is 16.8 Å². The third kappa shape index (κ3) is 4.54. The van der Waals surface area contributed by atoms with Gasteiger partial charge in [0.25, 0.3) is 5.60 Å². The van der Waals surface area contributed by atoms with E-state index in [1.807, 2.05) is 0 Å². The summed E-state index contributed by atoms with van der Waals surface area (Å²) in [6.07, 6.45) is -2.29. The average Bonchev–Trinajstić information content (AvgIpc) is 3.01. The van der Waals surface area contributed by atoms with Crippen LogP contribution >= 0.6 is 23.2 Å². The van der Waals surface area contributed by atoms with Gasteiger partial charge in [-0.05, 0) is 48.4 Å². The summed E-state index contributed by atoms with van der Waals surface area (Å²) in [5.41, 5.74) is -1.15. The topological polar surface area (TPSA) is 51.0 Å². The Hall–Kier alpha value is -1.77. The molecule has 4 nitrogen and oxygen atoms in total. The molecular formula is C19H17Cl2F3N2O2S. The minimum atomic E-state index is -4.76. The summed E-state index contributed by atoms with van der Waals surface area (Å²) in [6.45, 7) is 1.73. The first-order valence-corrected chi connectivity index (χ1v) is 11.5. The maximum absolute atomic E-state index is 14.1. The molecule has 1 aliphatic rings. The molecule has 1 aliphatic heterocycles. The van der Waals surface area contributed by atoms with E-state index in [-0.39, 0.29) is 21.3 Å². The summed E-state index contributed by atoms with van der Waals surface area (Å²) in [6, 6.07) is 8.51. The molecule has 10 heteroatoms. The molecular weight excluding hydrogens is 448 g/mol. The average molecular weight is 465 g/mol. The zero-order chi connectivity index (χ0) is 21.6. The Morgan fingerprint density at radius 2 is 1.76 bits per heavy atom. The predicted octanol–water partition coefficient (Wildman–Crippen LogP) is 6.24. The van der Waals surface area contributed by atoms with E-state index >= 15 is 0 Å². The number of aryl methyl sites for hydroxylation is 1. The minimum Gasteiger partial charge on any atom is -0.374 e. The van der Waals surface area contributed by atoms with Crippen LogP contribution in [-0.2, 0) is 20.2 Å².